The number of aromatic nitrogens is 2. The molecule has 2 heterocycles. The molecular formula is C7H9F2N3S. The Kier molecular flexibility index (Phi) is 1.94. The van der Waals surface area contributed by atoms with Crippen molar-refractivity contribution in [3.05, 3.63) is 5.01 Å². The molecule has 0 unspecified atom stereocenters. The SMILES string of the molecule is Cc1nnc(N2CCC(F)(F)C2)s1. The molecule has 1 aliphatic rings. The third kappa shape index (κ3) is 1.77. The summed E-state index contributed by atoms with van der Waals surface area (Å²) in [5.41, 5.74) is 0. The van der Waals surface area contributed by atoms with Gasteiger partial charge in [-0.3, -0.25) is 0 Å². The van der Waals surface area contributed by atoms with Gasteiger partial charge in [0.15, 0.2) is 0 Å². The molecule has 1 aromatic rings. The fourth-order valence-corrected chi connectivity index (χ4v) is 2.03. The molecule has 0 amide bonds. The Bertz CT molecular complexity index is 312. The Morgan fingerprint density at radius 1 is 1.46 bits per heavy atom. The topological polar surface area (TPSA) is 29.0 Å². The molecule has 3 nitrogen and oxygen atoms in total. The van der Waals surface area contributed by atoms with Gasteiger partial charge < -0.3 is 4.90 Å². The summed E-state index contributed by atoms with van der Waals surface area (Å²) in [7, 11) is 0. The zero-order valence-corrected chi connectivity index (χ0v) is 7.94. The van der Waals surface area contributed by atoms with Crippen LogP contribution in [-0.4, -0.2) is 29.2 Å². The molecule has 0 aromatic carbocycles. The van der Waals surface area contributed by atoms with Crippen LogP contribution in [0.5, 0.6) is 0 Å². The molecule has 13 heavy (non-hydrogen) atoms. The van der Waals surface area contributed by atoms with Gasteiger partial charge in [0.1, 0.15) is 5.01 Å². The van der Waals surface area contributed by atoms with Crippen molar-refractivity contribution < 1.29 is 8.78 Å². The van der Waals surface area contributed by atoms with Gasteiger partial charge in [-0.2, -0.15) is 0 Å². The number of hydrogen-bond acceptors (Lipinski definition) is 4. The molecule has 1 fully saturated rings. The zero-order chi connectivity index (χ0) is 9.47. The monoisotopic (exact) mass is 205 g/mol. The highest BCUT2D eigenvalue weighted by Crippen LogP contribution is 2.31. The molecule has 0 aliphatic carbocycles. The second kappa shape index (κ2) is 2.87. The average Bonchev–Trinajstić information content (AvgIpc) is 2.56. The van der Waals surface area contributed by atoms with Crippen LogP contribution in [0, 0.1) is 6.92 Å². The van der Waals surface area contributed by atoms with Crippen LogP contribution in [0.1, 0.15) is 11.4 Å². The minimum absolute atomic E-state index is 0.0778. The molecule has 0 saturated carbocycles. The molecule has 1 saturated heterocycles. The highest BCUT2D eigenvalue weighted by molar-refractivity contribution is 7.15. The van der Waals surface area contributed by atoms with E-state index in [-0.39, 0.29) is 13.0 Å². The summed E-state index contributed by atoms with van der Waals surface area (Å²) in [4.78, 5) is 1.59. The maximum atomic E-state index is 12.8. The van der Waals surface area contributed by atoms with Crippen molar-refractivity contribution in [1.82, 2.24) is 10.2 Å². The second-order valence-electron chi connectivity index (χ2n) is 3.13. The van der Waals surface area contributed by atoms with E-state index in [1.54, 1.807) is 4.90 Å². The first-order valence-corrected chi connectivity index (χ1v) is 4.81. The van der Waals surface area contributed by atoms with E-state index < -0.39 is 5.92 Å². The lowest BCUT2D eigenvalue weighted by Gasteiger charge is -2.12. The Labute approximate surface area is 78.4 Å². The number of alkyl halides is 2. The minimum Gasteiger partial charge on any atom is -0.340 e. The van der Waals surface area contributed by atoms with E-state index in [1.165, 1.54) is 11.3 Å². The van der Waals surface area contributed by atoms with Crippen LogP contribution in [-0.2, 0) is 0 Å². The molecule has 0 radical (unpaired) electrons. The van der Waals surface area contributed by atoms with Crippen molar-refractivity contribution >= 4 is 16.5 Å². The highest BCUT2D eigenvalue weighted by atomic mass is 32.1. The number of halogens is 2. The van der Waals surface area contributed by atoms with Crippen LogP contribution >= 0.6 is 11.3 Å². The van der Waals surface area contributed by atoms with Crippen molar-refractivity contribution in [3.8, 4) is 0 Å². The molecule has 1 aliphatic heterocycles. The molecule has 0 atom stereocenters. The van der Waals surface area contributed by atoms with Crippen molar-refractivity contribution in [2.75, 3.05) is 18.0 Å². The highest BCUT2D eigenvalue weighted by Gasteiger charge is 2.39. The molecule has 2 rings (SSSR count). The summed E-state index contributed by atoms with van der Waals surface area (Å²) in [6, 6.07) is 0. The van der Waals surface area contributed by atoms with Crippen LogP contribution in [0.2, 0.25) is 0 Å². The van der Waals surface area contributed by atoms with Crippen molar-refractivity contribution in [1.29, 1.82) is 0 Å². The van der Waals surface area contributed by atoms with Gasteiger partial charge in [0, 0.05) is 13.0 Å². The van der Waals surface area contributed by atoms with Crippen LogP contribution in [0.15, 0.2) is 0 Å². The van der Waals surface area contributed by atoms with Crippen molar-refractivity contribution in [2.45, 2.75) is 19.3 Å². The second-order valence-corrected chi connectivity index (χ2v) is 4.29. The Hall–Kier alpha value is -0.780. The van der Waals surface area contributed by atoms with Gasteiger partial charge in [0.05, 0.1) is 6.54 Å². The predicted molar refractivity (Wildman–Crippen MR) is 46.4 cm³/mol. The van der Waals surface area contributed by atoms with Gasteiger partial charge in [-0.05, 0) is 6.92 Å². The molecule has 0 N–H and O–H groups in total. The van der Waals surface area contributed by atoms with E-state index in [1.807, 2.05) is 6.92 Å². The number of aryl methyl sites for hydroxylation is 1. The normalized spacial score (nSPS) is 21.0. The molecule has 0 bridgehead atoms. The van der Waals surface area contributed by atoms with E-state index in [0.29, 0.717) is 11.7 Å². The van der Waals surface area contributed by atoms with E-state index >= 15 is 0 Å². The Morgan fingerprint density at radius 3 is 2.69 bits per heavy atom. The lowest BCUT2D eigenvalue weighted by atomic mass is 10.3. The largest absolute Gasteiger partial charge is 0.340 e. The summed E-state index contributed by atoms with van der Waals surface area (Å²) in [6.45, 7) is 1.97. The summed E-state index contributed by atoms with van der Waals surface area (Å²) < 4.78 is 25.6. The molecule has 1 aromatic heterocycles. The summed E-state index contributed by atoms with van der Waals surface area (Å²) >= 11 is 1.36. The van der Waals surface area contributed by atoms with Crippen LogP contribution in [0.4, 0.5) is 13.9 Å². The van der Waals surface area contributed by atoms with Crippen LogP contribution < -0.4 is 4.90 Å². The average molecular weight is 205 g/mol. The van der Waals surface area contributed by atoms with Gasteiger partial charge in [-0.15, -0.1) is 10.2 Å². The van der Waals surface area contributed by atoms with Gasteiger partial charge in [-0.1, -0.05) is 11.3 Å². The molecule has 6 heteroatoms. The Balaban J connectivity index is 2.12. The molecular weight excluding hydrogens is 196 g/mol. The number of rotatable bonds is 1. The fourth-order valence-electron chi connectivity index (χ4n) is 1.31. The standard InChI is InChI=1S/C7H9F2N3S/c1-5-10-11-6(13-5)12-3-2-7(8,9)4-12/h2-4H2,1H3. The van der Waals surface area contributed by atoms with E-state index in [2.05, 4.69) is 10.2 Å². The quantitative estimate of drug-likeness (QED) is 0.698. The van der Waals surface area contributed by atoms with Gasteiger partial charge in [0.2, 0.25) is 5.13 Å². The third-order valence-electron chi connectivity index (χ3n) is 1.96. The van der Waals surface area contributed by atoms with Crippen LogP contribution in [0.25, 0.3) is 0 Å². The third-order valence-corrected chi connectivity index (χ3v) is 2.86. The first-order chi connectivity index (χ1) is 6.07. The smallest absolute Gasteiger partial charge is 0.267 e. The van der Waals surface area contributed by atoms with Crippen molar-refractivity contribution in [2.24, 2.45) is 0 Å². The lowest BCUT2D eigenvalue weighted by Crippen LogP contribution is -2.24. The van der Waals surface area contributed by atoms with Gasteiger partial charge in [-0.25, -0.2) is 8.78 Å². The van der Waals surface area contributed by atoms with E-state index in [9.17, 15) is 8.78 Å². The maximum Gasteiger partial charge on any atom is 0.267 e. The van der Waals surface area contributed by atoms with Gasteiger partial charge in [0.25, 0.3) is 5.92 Å². The fraction of sp³-hybridized carbons (Fsp3) is 0.714. The van der Waals surface area contributed by atoms with Gasteiger partial charge >= 0.3 is 0 Å². The summed E-state index contributed by atoms with van der Waals surface area (Å²) in [6.07, 6.45) is -0.0778. The molecule has 0 spiro atoms. The lowest BCUT2D eigenvalue weighted by molar-refractivity contribution is 0.0257. The van der Waals surface area contributed by atoms with E-state index in [0.717, 1.165) is 5.01 Å². The van der Waals surface area contributed by atoms with E-state index in [4.69, 9.17) is 0 Å². The number of anilines is 1. The zero-order valence-electron chi connectivity index (χ0n) is 7.13. The number of hydrogen-bond donors (Lipinski definition) is 0. The first-order valence-electron chi connectivity index (χ1n) is 4.00. The maximum absolute atomic E-state index is 12.8. The minimum atomic E-state index is -2.56. The summed E-state index contributed by atoms with van der Waals surface area (Å²) in [5, 5.41) is 9.03. The number of nitrogens with zero attached hydrogens (tertiary/aromatic N) is 3. The first kappa shape index (κ1) is 8.80. The van der Waals surface area contributed by atoms with Crippen LogP contribution in [0.3, 0.4) is 0 Å². The summed E-state index contributed by atoms with van der Waals surface area (Å²) in [5.74, 6) is -2.56. The Morgan fingerprint density at radius 2 is 2.23 bits per heavy atom. The molecule has 72 valence electrons. The predicted octanol–water partition coefficient (Wildman–Crippen LogP) is 1.69. The van der Waals surface area contributed by atoms with Crippen molar-refractivity contribution in [3.63, 3.8) is 0 Å².